The van der Waals surface area contributed by atoms with Crippen molar-refractivity contribution in [2.45, 2.75) is 25.6 Å². The first-order valence-corrected chi connectivity index (χ1v) is 8.29. The van der Waals surface area contributed by atoms with Gasteiger partial charge < -0.3 is 0 Å². The highest BCUT2D eigenvalue weighted by molar-refractivity contribution is 6.31. The van der Waals surface area contributed by atoms with Gasteiger partial charge in [-0.15, -0.1) is 0 Å². The molecule has 0 aromatic heterocycles. The molecular weight excluding hydrogens is 340 g/mol. The van der Waals surface area contributed by atoms with Gasteiger partial charge in [0.1, 0.15) is 0 Å². The smallest absolute Gasteiger partial charge is 0.263 e. The van der Waals surface area contributed by atoms with Crippen LogP contribution in [0.4, 0.5) is 5.69 Å². The van der Waals surface area contributed by atoms with Gasteiger partial charge in [-0.2, -0.15) is 5.11 Å². The summed E-state index contributed by atoms with van der Waals surface area (Å²) in [6, 6.07) is 13.1. The molecule has 2 aliphatic rings. The van der Waals surface area contributed by atoms with Gasteiger partial charge in [-0.25, -0.2) is 4.90 Å². The Labute approximate surface area is 149 Å². The normalized spacial score (nSPS) is 22.0. The van der Waals surface area contributed by atoms with E-state index >= 15 is 0 Å². The molecule has 0 saturated carbocycles. The van der Waals surface area contributed by atoms with Crippen LogP contribution in [0.3, 0.4) is 0 Å². The first kappa shape index (κ1) is 15.8. The molecule has 2 aromatic carbocycles. The number of aryl methyl sites for hydroxylation is 1. The first-order chi connectivity index (χ1) is 12.0. The second-order valence-electron chi connectivity index (χ2n) is 6.17. The molecule has 2 atom stereocenters. The standard InChI is InChI=1S/C18H15ClN4O2/c1-11-3-2-4-12(9-11)10-22-16-15(20-21-22)17(24)23(18(16)25)14-7-5-13(19)6-8-14/h2-9,15-16H,10H2,1H3/t15-,16+/m0/s1. The topological polar surface area (TPSA) is 65.3 Å². The van der Waals surface area contributed by atoms with Crippen molar-refractivity contribution in [3.05, 3.63) is 64.7 Å². The van der Waals surface area contributed by atoms with E-state index in [1.807, 2.05) is 31.2 Å². The summed E-state index contributed by atoms with van der Waals surface area (Å²) in [5.74, 6) is -0.664. The maximum absolute atomic E-state index is 12.9. The molecule has 1 fully saturated rings. The molecule has 0 radical (unpaired) electrons. The number of benzene rings is 2. The lowest BCUT2D eigenvalue weighted by atomic mass is 10.1. The minimum absolute atomic E-state index is 0.310. The van der Waals surface area contributed by atoms with Crippen molar-refractivity contribution in [1.29, 1.82) is 0 Å². The third-order valence-electron chi connectivity index (χ3n) is 4.37. The van der Waals surface area contributed by atoms with E-state index in [1.165, 1.54) is 4.90 Å². The van der Waals surface area contributed by atoms with E-state index in [9.17, 15) is 9.59 Å². The van der Waals surface area contributed by atoms with Gasteiger partial charge in [0.25, 0.3) is 11.8 Å². The lowest BCUT2D eigenvalue weighted by molar-refractivity contribution is -0.123. The van der Waals surface area contributed by atoms with Crippen molar-refractivity contribution in [2.75, 3.05) is 4.90 Å². The van der Waals surface area contributed by atoms with Crippen molar-refractivity contribution < 1.29 is 9.59 Å². The quantitative estimate of drug-likeness (QED) is 0.795. The predicted molar refractivity (Wildman–Crippen MR) is 93.1 cm³/mol. The molecule has 4 rings (SSSR count). The van der Waals surface area contributed by atoms with Crippen LogP contribution in [0.15, 0.2) is 58.9 Å². The Bertz CT molecular complexity index is 881. The number of halogens is 1. The molecule has 2 aromatic rings. The molecule has 0 spiro atoms. The van der Waals surface area contributed by atoms with E-state index < -0.39 is 12.1 Å². The summed E-state index contributed by atoms with van der Waals surface area (Å²) in [7, 11) is 0. The number of anilines is 1. The second-order valence-corrected chi connectivity index (χ2v) is 6.61. The first-order valence-electron chi connectivity index (χ1n) is 7.91. The monoisotopic (exact) mass is 354 g/mol. The zero-order valence-corrected chi connectivity index (χ0v) is 14.2. The van der Waals surface area contributed by atoms with Gasteiger partial charge in [0, 0.05) is 5.02 Å². The Hall–Kier alpha value is -2.73. The third kappa shape index (κ3) is 2.68. The van der Waals surface area contributed by atoms with E-state index in [-0.39, 0.29) is 11.8 Å². The Morgan fingerprint density at radius 3 is 2.56 bits per heavy atom. The molecule has 0 bridgehead atoms. The minimum Gasteiger partial charge on any atom is -0.271 e. The molecule has 1 saturated heterocycles. The number of hydrogen-bond donors (Lipinski definition) is 0. The van der Waals surface area contributed by atoms with Crippen LogP contribution < -0.4 is 4.90 Å². The van der Waals surface area contributed by atoms with Gasteiger partial charge in [-0.3, -0.25) is 14.6 Å². The summed E-state index contributed by atoms with van der Waals surface area (Å²) in [4.78, 5) is 26.7. The van der Waals surface area contributed by atoms with E-state index in [0.717, 1.165) is 11.1 Å². The molecule has 6 nitrogen and oxygen atoms in total. The maximum atomic E-state index is 12.9. The summed E-state index contributed by atoms with van der Waals surface area (Å²) >= 11 is 5.88. The van der Waals surface area contributed by atoms with Crippen molar-refractivity contribution in [1.82, 2.24) is 5.01 Å². The highest BCUT2D eigenvalue weighted by Crippen LogP contribution is 2.33. The lowest BCUT2D eigenvalue weighted by Crippen LogP contribution is -2.39. The zero-order valence-electron chi connectivity index (χ0n) is 13.5. The minimum atomic E-state index is -0.784. The fourth-order valence-electron chi connectivity index (χ4n) is 3.20. The molecule has 7 heteroatoms. The molecule has 2 heterocycles. The number of amides is 2. The van der Waals surface area contributed by atoms with Gasteiger partial charge in [0.15, 0.2) is 12.1 Å². The average molecular weight is 355 g/mol. The molecule has 25 heavy (non-hydrogen) atoms. The Kier molecular flexibility index (Phi) is 3.77. The number of nitrogens with zero attached hydrogens (tertiary/aromatic N) is 4. The number of carbonyl (C=O) groups excluding carboxylic acids is 2. The molecule has 2 aliphatic heterocycles. The van der Waals surface area contributed by atoms with Crippen LogP contribution in [-0.4, -0.2) is 28.9 Å². The maximum Gasteiger partial charge on any atom is 0.263 e. The molecule has 126 valence electrons. The van der Waals surface area contributed by atoms with Gasteiger partial charge >= 0.3 is 0 Å². The Balaban J connectivity index is 1.60. The molecule has 0 aliphatic carbocycles. The summed E-state index contributed by atoms with van der Waals surface area (Å²) in [5, 5.41) is 10.2. The van der Waals surface area contributed by atoms with E-state index in [0.29, 0.717) is 17.3 Å². The second kappa shape index (κ2) is 5.97. The Morgan fingerprint density at radius 2 is 1.84 bits per heavy atom. The highest BCUT2D eigenvalue weighted by atomic mass is 35.5. The third-order valence-corrected chi connectivity index (χ3v) is 4.62. The number of imide groups is 1. The van der Waals surface area contributed by atoms with E-state index in [2.05, 4.69) is 10.3 Å². The zero-order chi connectivity index (χ0) is 17.6. The predicted octanol–water partition coefficient (Wildman–Crippen LogP) is 3.14. The fraction of sp³-hybridized carbons (Fsp3) is 0.222. The average Bonchev–Trinajstić information content (AvgIpc) is 3.10. The van der Waals surface area contributed by atoms with Crippen LogP contribution in [0.25, 0.3) is 0 Å². The fourth-order valence-corrected chi connectivity index (χ4v) is 3.32. The molecule has 0 N–H and O–H groups in total. The van der Waals surface area contributed by atoms with Gasteiger partial charge in [0.05, 0.1) is 12.2 Å². The summed E-state index contributed by atoms with van der Waals surface area (Å²) < 4.78 is 0. The molecular formula is C18H15ClN4O2. The van der Waals surface area contributed by atoms with Crippen LogP contribution in [-0.2, 0) is 16.1 Å². The van der Waals surface area contributed by atoms with Crippen LogP contribution in [0.5, 0.6) is 0 Å². The largest absolute Gasteiger partial charge is 0.271 e. The highest BCUT2D eigenvalue weighted by Gasteiger charge is 2.54. The van der Waals surface area contributed by atoms with Gasteiger partial charge in [0.2, 0.25) is 0 Å². The number of hydrogen-bond acceptors (Lipinski definition) is 5. The van der Waals surface area contributed by atoms with Gasteiger partial charge in [-0.05, 0) is 36.8 Å². The van der Waals surface area contributed by atoms with Crippen LogP contribution in [0.1, 0.15) is 11.1 Å². The van der Waals surface area contributed by atoms with E-state index in [1.54, 1.807) is 29.3 Å². The molecule has 0 unspecified atom stereocenters. The van der Waals surface area contributed by atoms with Crippen LogP contribution >= 0.6 is 11.6 Å². The Morgan fingerprint density at radius 1 is 1.08 bits per heavy atom. The number of rotatable bonds is 3. The lowest BCUT2D eigenvalue weighted by Gasteiger charge is -2.20. The van der Waals surface area contributed by atoms with Crippen molar-refractivity contribution >= 4 is 29.1 Å². The van der Waals surface area contributed by atoms with E-state index in [4.69, 9.17) is 11.6 Å². The SMILES string of the molecule is Cc1cccc(CN2N=N[C@@H]3C(=O)N(c4ccc(Cl)cc4)C(=O)[C@@H]32)c1. The number of fused-ring (bicyclic) bond motifs is 1. The van der Waals surface area contributed by atoms with Crippen molar-refractivity contribution in [2.24, 2.45) is 10.3 Å². The summed E-state index contributed by atoms with van der Waals surface area (Å²) in [6.07, 6.45) is 0. The van der Waals surface area contributed by atoms with Crippen molar-refractivity contribution in [3.8, 4) is 0 Å². The summed E-state index contributed by atoms with van der Waals surface area (Å²) in [6.45, 7) is 2.43. The number of carbonyl (C=O) groups is 2. The van der Waals surface area contributed by atoms with Crippen molar-refractivity contribution in [3.63, 3.8) is 0 Å². The van der Waals surface area contributed by atoms with Crippen LogP contribution in [0.2, 0.25) is 5.02 Å². The summed E-state index contributed by atoms with van der Waals surface area (Å²) in [5.41, 5.74) is 2.64. The molecule has 2 amide bonds. The van der Waals surface area contributed by atoms with Crippen LogP contribution in [0, 0.1) is 6.92 Å². The van der Waals surface area contributed by atoms with Gasteiger partial charge in [-0.1, -0.05) is 46.7 Å².